The molecule has 1 amide bonds. The average Bonchev–Trinajstić information content (AvgIpc) is 3.28. The molecule has 26 heavy (non-hydrogen) atoms. The fourth-order valence-corrected chi connectivity index (χ4v) is 3.93. The van der Waals surface area contributed by atoms with E-state index in [2.05, 4.69) is 25.4 Å². The van der Waals surface area contributed by atoms with E-state index >= 15 is 0 Å². The number of carbonyl (C=O) groups excluding carboxylic acids is 1. The maximum absolute atomic E-state index is 12.3. The molecule has 0 radical (unpaired) electrons. The summed E-state index contributed by atoms with van der Waals surface area (Å²) in [5, 5.41) is 7.19. The summed E-state index contributed by atoms with van der Waals surface area (Å²) >= 11 is 1.60. The topological polar surface area (TPSA) is 85.1 Å². The van der Waals surface area contributed by atoms with Crippen molar-refractivity contribution in [3.05, 3.63) is 52.6 Å². The first-order valence-corrected chi connectivity index (χ1v) is 9.25. The standard InChI is InChI=1S/C18H18N6OS/c1-11-14(12(2)24-18(23-11)20-9-22-24)6-7-16(25)19-8-13-4-3-5-15-17(13)26-10-21-15/h3-5,9-10H,6-8H2,1-2H3,(H,19,25). The van der Waals surface area contributed by atoms with Crippen molar-refractivity contribution >= 4 is 33.2 Å². The lowest BCUT2D eigenvalue weighted by molar-refractivity contribution is -0.121. The van der Waals surface area contributed by atoms with Crippen molar-refractivity contribution in [3.63, 3.8) is 0 Å². The van der Waals surface area contributed by atoms with E-state index in [-0.39, 0.29) is 5.91 Å². The third-order valence-electron chi connectivity index (χ3n) is 4.50. The number of hydrogen-bond donors (Lipinski definition) is 1. The highest BCUT2D eigenvalue weighted by Gasteiger charge is 2.13. The highest BCUT2D eigenvalue weighted by Crippen LogP contribution is 2.22. The van der Waals surface area contributed by atoms with Crippen molar-refractivity contribution in [2.75, 3.05) is 0 Å². The fourth-order valence-electron chi connectivity index (χ4n) is 3.12. The van der Waals surface area contributed by atoms with Crippen LogP contribution >= 0.6 is 11.3 Å². The third-order valence-corrected chi connectivity index (χ3v) is 5.42. The molecule has 1 aromatic carbocycles. The molecule has 132 valence electrons. The summed E-state index contributed by atoms with van der Waals surface area (Å²) in [5.41, 5.74) is 6.81. The molecule has 4 aromatic rings. The summed E-state index contributed by atoms with van der Waals surface area (Å²) < 4.78 is 2.84. The first-order valence-electron chi connectivity index (χ1n) is 8.37. The van der Waals surface area contributed by atoms with Crippen molar-refractivity contribution in [1.29, 1.82) is 0 Å². The minimum Gasteiger partial charge on any atom is -0.352 e. The molecule has 0 fully saturated rings. The molecule has 1 N–H and O–H groups in total. The number of thiazole rings is 1. The van der Waals surface area contributed by atoms with E-state index in [1.54, 1.807) is 15.9 Å². The van der Waals surface area contributed by atoms with Crippen LogP contribution in [0.15, 0.2) is 30.0 Å². The maximum Gasteiger partial charge on any atom is 0.252 e. The van der Waals surface area contributed by atoms with Crippen molar-refractivity contribution in [2.45, 2.75) is 33.2 Å². The van der Waals surface area contributed by atoms with Crippen LogP contribution in [0.1, 0.15) is 28.9 Å². The summed E-state index contributed by atoms with van der Waals surface area (Å²) in [5.74, 6) is 0.606. The Balaban J connectivity index is 1.42. The number of aromatic nitrogens is 5. The highest BCUT2D eigenvalue weighted by molar-refractivity contribution is 7.16. The number of rotatable bonds is 5. The minimum atomic E-state index is 0.0176. The highest BCUT2D eigenvalue weighted by atomic mass is 32.1. The molecule has 0 atom stereocenters. The molecule has 0 aliphatic heterocycles. The summed E-state index contributed by atoms with van der Waals surface area (Å²) in [6, 6.07) is 5.98. The quantitative estimate of drug-likeness (QED) is 0.587. The fraction of sp³-hybridized carbons (Fsp3) is 0.278. The zero-order chi connectivity index (χ0) is 18.1. The number of amides is 1. The lowest BCUT2D eigenvalue weighted by atomic mass is 10.1. The van der Waals surface area contributed by atoms with Gasteiger partial charge in [0.2, 0.25) is 5.91 Å². The SMILES string of the molecule is Cc1nc2ncnn2c(C)c1CCC(=O)NCc1cccc2ncsc12. The number of carbonyl (C=O) groups is 1. The Hall–Kier alpha value is -2.87. The molecule has 0 bridgehead atoms. The molecule has 8 heteroatoms. The molecule has 0 saturated heterocycles. The lowest BCUT2D eigenvalue weighted by Gasteiger charge is -2.11. The van der Waals surface area contributed by atoms with Crippen LogP contribution in [0.3, 0.4) is 0 Å². The molecular weight excluding hydrogens is 348 g/mol. The van der Waals surface area contributed by atoms with E-state index < -0.39 is 0 Å². The van der Waals surface area contributed by atoms with Gasteiger partial charge in [-0.2, -0.15) is 10.1 Å². The smallest absolute Gasteiger partial charge is 0.252 e. The first kappa shape index (κ1) is 16.6. The van der Waals surface area contributed by atoms with Crippen molar-refractivity contribution in [1.82, 2.24) is 29.9 Å². The second-order valence-corrected chi connectivity index (χ2v) is 6.98. The predicted molar refractivity (Wildman–Crippen MR) is 100 cm³/mol. The second-order valence-electron chi connectivity index (χ2n) is 6.13. The Morgan fingerprint density at radius 3 is 3.04 bits per heavy atom. The Morgan fingerprint density at radius 2 is 2.15 bits per heavy atom. The summed E-state index contributed by atoms with van der Waals surface area (Å²) in [6.07, 6.45) is 2.52. The number of hydrogen-bond acceptors (Lipinski definition) is 6. The van der Waals surface area contributed by atoms with Gasteiger partial charge in [0.15, 0.2) is 0 Å². The van der Waals surface area contributed by atoms with E-state index in [0.29, 0.717) is 25.2 Å². The molecule has 4 rings (SSSR count). The van der Waals surface area contributed by atoms with Crippen molar-refractivity contribution in [2.24, 2.45) is 0 Å². The molecule has 0 aliphatic carbocycles. The van der Waals surface area contributed by atoms with E-state index in [9.17, 15) is 4.79 Å². The third kappa shape index (κ3) is 3.03. The van der Waals surface area contributed by atoms with Crippen LogP contribution in [0.5, 0.6) is 0 Å². The zero-order valence-electron chi connectivity index (χ0n) is 14.6. The lowest BCUT2D eigenvalue weighted by Crippen LogP contribution is -2.23. The van der Waals surface area contributed by atoms with Crippen LogP contribution in [-0.4, -0.2) is 30.5 Å². The van der Waals surface area contributed by atoms with E-state index in [4.69, 9.17) is 0 Å². The van der Waals surface area contributed by atoms with Crippen molar-refractivity contribution < 1.29 is 4.79 Å². The molecule has 0 aliphatic rings. The van der Waals surface area contributed by atoms with Crippen LogP contribution in [0.4, 0.5) is 0 Å². The van der Waals surface area contributed by atoms with Crippen LogP contribution in [0, 0.1) is 13.8 Å². The van der Waals surface area contributed by atoms with Gasteiger partial charge in [-0.15, -0.1) is 11.3 Å². The van der Waals surface area contributed by atoms with Gasteiger partial charge < -0.3 is 5.32 Å². The first-order chi connectivity index (χ1) is 12.6. The monoisotopic (exact) mass is 366 g/mol. The van der Waals surface area contributed by atoms with E-state index in [1.165, 1.54) is 6.33 Å². The van der Waals surface area contributed by atoms with Gasteiger partial charge in [0, 0.05) is 24.4 Å². The number of nitrogens with zero attached hydrogens (tertiary/aromatic N) is 5. The number of benzene rings is 1. The largest absolute Gasteiger partial charge is 0.352 e. The van der Waals surface area contributed by atoms with E-state index in [0.717, 1.165) is 32.7 Å². The van der Waals surface area contributed by atoms with Crippen LogP contribution in [-0.2, 0) is 17.8 Å². The van der Waals surface area contributed by atoms with Gasteiger partial charge in [-0.1, -0.05) is 12.1 Å². The molecule has 7 nitrogen and oxygen atoms in total. The number of nitrogens with one attached hydrogen (secondary N) is 1. The normalized spacial score (nSPS) is 11.3. The van der Waals surface area contributed by atoms with Gasteiger partial charge in [-0.25, -0.2) is 14.5 Å². The molecular formula is C18H18N6OS. The number of aryl methyl sites for hydroxylation is 2. The molecule has 3 aromatic heterocycles. The molecule has 3 heterocycles. The zero-order valence-corrected chi connectivity index (χ0v) is 15.4. The summed E-state index contributed by atoms with van der Waals surface area (Å²) in [7, 11) is 0. The van der Waals surface area contributed by atoms with Gasteiger partial charge in [-0.3, -0.25) is 4.79 Å². The summed E-state index contributed by atoms with van der Waals surface area (Å²) in [6.45, 7) is 4.43. The van der Waals surface area contributed by atoms with Gasteiger partial charge in [0.1, 0.15) is 6.33 Å². The Bertz CT molecular complexity index is 1100. The number of fused-ring (bicyclic) bond motifs is 2. The van der Waals surface area contributed by atoms with Crippen LogP contribution in [0.2, 0.25) is 0 Å². The van der Waals surface area contributed by atoms with E-state index in [1.807, 2.05) is 37.6 Å². The summed E-state index contributed by atoms with van der Waals surface area (Å²) in [4.78, 5) is 25.2. The second kappa shape index (κ2) is 6.80. The predicted octanol–water partition coefficient (Wildman–Crippen LogP) is 2.60. The Labute approximate surface area is 154 Å². The van der Waals surface area contributed by atoms with Gasteiger partial charge in [0.05, 0.1) is 15.7 Å². The molecule has 0 unspecified atom stereocenters. The minimum absolute atomic E-state index is 0.0176. The average molecular weight is 366 g/mol. The molecule has 0 saturated carbocycles. The van der Waals surface area contributed by atoms with Crippen LogP contribution in [0.25, 0.3) is 16.0 Å². The Kier molecular flexibility index (Phi) is 4.34. The maximum atomic E-state index is 12.3. The van der Waals surface area contributed by atoms with Gasteiger partial charge >= 0.3 is 0 Å². The van der Waals surface area contributed by atoms with Crippen molar-refractivity contribution in [3.8, 4) is 0 Å². The van der Waals surface area contributed by atoms with Gasteiger partial charge in [-0.05, 0) is 37.5 Å². The van der Waals surface area contributed by atoms with Gasteiger partial charge in [0.25, 0.3) is 5.78 Å². The molecule has 0 spiro atoms. The Morgan fingerprint density at radius 1 is 1.27 bits per heavy atom. The van der Waals surface area contributed by atoms with Crippen LogP contribution < -0.4 is 5.32 Å².